The largest absolute Gasteiger partial charge is 0.376 e. The van der Waals surface area contributed by atoms with E-state index in [0.29, 0.717) is 19.7 Å². The molecular weight excluding hydrogens is 346 g/mol. The molecule has 1 aromatic rings. The molecule has 9 heteroatoms. The number of amides is 2. The molecule has 136 valence electrons. The third kappa shape index (κ3) is 3.39. The van der Waals surface area contributed by atoms with Crippen molar-refractivity contribution in [3.8, 4) is 0 Å². The summed E-state index contributed by atoms with van der Waals surface area (Å²) in [6.07, 6.45) is 1.32. The molecule has 2 N–H and O–H groups in total. The minimum Gasteiger partial charge on any atom is -0.376 e. The van der Waals surface area contributed by atoms with Gasteiger partial charge in [-0.2, -0.15) is 0 Å². The van der Waals surface area contributed by atoms with E-state index < -0.39 is 15.9 Å². The molecule has 2 heterocycles. The zero-order valence-electron chi connectivity index (χ0n) is 13.9. The Bertz CT molecular complexity index is 787. The summed E-state index contributed by atoms with van der Waals surface area (Å²) in [6.45, 7) is 1.61. The number of sulfonamides is 1. The highest BCUT2D eigenvalue weighted by molar-refractivity contribution is 7.90. The maximum atomic E-state index is 12.7. The Morgan fingerprint density at radius 1 is 1.36 bits per heavy atom. The fourth-order valence-corrected chi connectivity index (χ4v) is 4.60. The van der Waals surface area contributed by atoms with Crippen molar-refractivity contribution in [3.63, 3.8) is 0 Å². The van der Waals surface area contributed by atoms with Gasteiger partial charge in [0.25, 0.3) is 21.8 Å². The molecule has 3 rings (SSSR count). The van der Waals surface area contributed by atoms with Crippen LogP contribution in [0.3, 0.4) is 0 Å². The monoisotopic (exact) mass is 367 g/mol. The van der Waals surface area contributed by atoms with E-state index in [9.17, 15) is 18.0 Å². The highest BCUT2D eigenvalue weighted by Crippen LogP contribution is 2.32. The normalized spacial score (nSPS) is 21.4. The summed E-state index contributed by atoms with van der Waals surface area (Å²) in [6, 6.07) is 4.14. The van der Waals surface area contributed by atoms with Crippen molar-refractivity contribution in [1.82, 2.24) is 14.9 Å². The number of likely N-dealkylation sites (N-methyl/N-ethyl adjacent to an activating group) is 1. The number of nitrogens with zero attached hydrogens (tertiary/aromatic N) is 1. The van der Waals surface area contributed by atoms with Crippen LogP contribution in [0, 0.1) is 0 Å². The van der Waals surface area contributed by atoms with Crippen molar-refractivity contribution in [3.05, 3.63) is 29.3 Å². The second-order valence-electron chi connectivity index (χ2n) is 6.05. The van der Waals surface area contributed by atoms with Crippen LogP contribution < -0.4 is 10.6 Å². The average molecular weight is 367 g/mol. The van der Waals surface area contributed by atoms with Crippen LogP contribution in [0.5, 0.6) is 0 Å². The molecule has 0 bridgehead atoms. The number of carbonyl (C=O) groups is 2. The first kappa shape index (κ1) is 17.8. The van der Waals surface area contributed by atoms with Crippen LogP contribution in [-0.4, -0.2) is 63.9 Å². The Kier molecular flexibility index (Phi) is 5.07. The maximum Gasteiger partial charge on any atom is 0.269 e. The van der Waals surface area contributed by atoms with Gasteiger partial charge in [0.15, 0.2) is 0 Å². The van der Waals surface area contributed by atoms with Gasteiger partial charge in [0.1, 0.15) is 4.90 Å². The van der Waals surface area contributed by atoms with Crippen molar-refractivity contribution in [1.29, 1.82) is 0 Å². The second kappa shape index (κ2) is 7.11. The molecule has 1 atom stereocenters. The van der Waals surface area contributed by atoms with E-state index in [1.807, 2.05) is 0 Å². The van der Waals surface area contributed by atoms with Crippen LogP contribution >= 0.6 is 0 Å². The van der Waals surface area contributed by atoms with Crippen LogP contribution in [-0.2, 0) is 14.8 Å². The predicted octanol–water partition coefficient (Wildman–Crippen LogP) is -0.0407. The number of fused-ring (bicyclic) bond motifs is 1. The third-order valence-corrected chi connectivity index (χ3v) is 6.11. The summed E-state index contributed by atoms with van der Waals surface area (Å²) in [4.78, 5) is 24.5. The number of hydrogen-bond acceptors (Lipinski definition) is 6. The number of hydrogen-bond donors (Lipinski definition) is 2. The summed E-state index contributed by atoms with van der Waals surface area (Å²) in [7, 11) is -2.19. The Labute approximate surface area is 146 Å². The van der Waals surface area contributed by atoms with E-state index in [2.05, 4.69) is 10.6 Å². The molecule has 25 heavy (non-hydrogen) atoms. The molecule has 2 aliphatic heterocycles. The molecule has 8 nitrogen and oxygen atoms in total. The van der Waals surface area contributed by atoms with E-state index in [-0.39, 0.29) is 34.6 Å². The SMILES string of the molecule is CNCCNC(=O)c1ccc2c(c1)S(=O)(=O)N(CC1CCCO1)C2=O. The number of nitrogens with one attached hydrogen (secondary N) is 2. The summed E-state index contributed by atoms with van der Waals surface area (Å²) < 4.78 is 31.8. The van der Waals surface area contributed by atoms with E-state index in [0.717, 1.165) is 17.1 Å². The standard InChI is InChI=1S/C16H21N3O5S/c1-17-6-7-18-15(20)11-4-5-13-14(9-11)25(22,23)19(16(13)21)10-12-3-2-8-24-12/h4-5,9,12,17H,2-3,6-8,10H2,1H3,(H,18,20). The number of carbonyl (C=O) groups excluding carboxylic acids is 2. The van der Waals surface area contributed by atoms with E-state index in [1.165, 1.54) is 18.2 Å². The Morgan fingerprint density at radius 3 is 2.84 bits per heavy atom. The molecule has 0 aromatic heterocycles. The number of ether oxygens (including phenoxy) is 1. The van der Waals surface area contributed by atoms with E-state index in [1.54, 1.807) is 7.05 Å². The number of rotatable bonds is 6. The van der Waals surface area contributed by atoms with Crippen molar-refractivity contribution in [2.24, 2.45) is 0 Å². The Balaban J connectivity index is 1.83. The Morgan fingerprint density at radius 2 is 2.16 bits per heavy atom. The minimum absolute atomic E-state index is 0.0134. The van der Waals surface area contributed by atoms with E-state index >= 15 is 0 Å². The van der Waals surface area contributed by atoms with Crippen molar-refractivity contribution >= 4 is 21.8 Å². The molecule has 2 aliphatic rings. The summed E-state index contributed by atoms with van der Waals surface area (Å²) in [5.41, 5.74) is 0.315. The molecule has 1 unspecified atom stereocenters. The van der Waals surface area contributed by atoms with Crippen molar-refractivity contribution < 1.29 is 22.7 Å². The molecular formula is C16H21N3O5S. The first-order valence-electron chi connectivity index (χ1n) is 8.20. The van der Waals surface area contributed by atoms with Crippen LogP contribution in [0.15, 0.2) is 23.1 Å². The van der Waals surface area contributed by atoms with Crippen LogP contribution in [0.1, 0.15) is 33.6 Å². The highest BCUT2D eigenvalue weighted by atomic mass is 32.2. The molecule has 0 saturated carbocycles. The number of benzene rings is 1. The van der Waals surface area contributed by atoms with Gasteiger partial charge < -0.3 is 15.4 Å². The fraction of sp³-hybridized carbons (Fsp3) is 0.500. The molecule has 1 saturated heterocycles. The summed E-state index contributed by atoms with van der Waals surface area (Å²) >= 11 is 0. The average Bonchev–Trinajstić information content (AvgIpc) is 3.17. The third-order valence-electron chi connectivity index (χ3n) is 4.32. The van der Waals surface area contributed by atoms with Crippen LogP contribution in [0.2, 0.25) is 0 Å². The molecule has 0 aliphatic carbocycles. The maximum absolute atomic E-state index is 12.7. The van der Waals surface area contributed by atoms with Gasteiger partial charge in [-0.25, -0.2) is 12.7 Å². The topological polar surface area (TPSA) is 105 Å². The zero-order valence-corrected chi connectivity index (χ0v) is 14.8. The van der Waals surface area contributed by atoms with Gasteiger partial charge in [-0.3, -0.25) is 9.59 Å². The minimum atomic E-state index is -3.95. The van der Waals surface area contributed by atoms with Gasteiger partial charge in [0.2, 0.25) is 0 Å². The lowest BCUT2D eigenvalue weighted by atomic mass is 10.1. The smallest absolute Gasteiger partial charge is 0.269 e. The fourth-order valence-electron chi connectivity index (χ4n) is 2.97. The second-order valence-corrected chi connectivity index (χ2v) is 7.88. The van der Waals surface area contributed by atoms with Crippen molar-refractivity contribution in [2.45, 2.75) is 23.8 Å². The van der Waals surface area contributed by atoms with Gasteiger partial charge in [-0.15, -0.1) is 0 Å². The van der Waals surface area contributed by atoms with Crippen molar-refractivity contribution in [2.75, 3.05) is 33.3 Å². The lowest BCUT2D eigenvalue weighted by Crippen LogP contribution is -2.36. The van der Waals surface area contributed by atoms with Gasteiger partial charge in [-0.1, -0.05) is 0 Å². The first-order chi connectivity index (χ1) is 11.9. The molecule has 1 fully saturated rings. The lowest BCUT2D eigenvalue weighted by molar-refractivity contribution is 0.0707. The zero-order chi connectivity index (χ0) is 18.0. The first-order valence-corrected chi connectivity index (χ1v) is 9.64. The van der Waals surface area contributed by atoms with Gasteiger partial charge >= 0.3 is 0 Å². The molecule has 0 radical (unpaired) electrons. The lowest BCUT2D eigenvalue weighted by Gasteiger charge is -2.18. The summed E-state index contributed by atoms with van der Waals surface area (Å²) in [5.74, 6) is -0.939. The van der Waals surface area contributed by atoms with E-state index in [4.69, 9.17) is 4.74 Å². The molecule has 1 aromatic carbocycles. The van der Waals surface area contributed by atoms with Gasteiger partial charge in [0.05, 0.1) is 18.2 Å². The quantitative estimate of drug-likeness (QED) is 0.684. The van der Waals surface area contributed by atoms with Crippen LogP contribution in [0.4, 0.5) is 0 Å². The molecule has 0 spiro atoms. The molecule has 2 amide bonds. The van der Waals surface area contributed by atoms with Gasteiger partial charge in [0, 0.05) is 25.3 Å². The van der Waals surface area contributed by atoms with Gasteiger partial charge in [-0.05, 0) is 38.1 Å². The van der Waals surface area contributed by atoms with Crippen LogP contribution in [0.25, 0.3) is 0 Å². The highest BCUT2D eigenvalue weighted by Gasteiger charge is 2.43. The Hall–Kier alpha value is -1.97. The predicted molar refractivity (Wildman–Crippen MR) is 89.9 cm³/mol. The summed E-state index contributed by atoms with van der Waals surface area (Å²) in [5, 5.41) is 5.59.